The number of hydrogen-bond acceptors (Lipinski definition) is 5. The summed E-state index contributed by atoms with van der Waals surface area (Å²) in [5.41, 5.74) is 0.136. The molecule has 158 valence electrons. The highest BCUT2D eigenvalue weighted by molar-refractivity contribution is 7.99. The molecule has 1 aromatic carbocycles. The maximum absolute atomic E-state index is 13.7. The summed E-state index contributed by atoms with van der Waals surface area (Å²) in [6.45, 7) is 1.28. The zero-order valence-electron chi connectivity index (χ0n) is 16.1. The van der Waals surface area contributed by atoms with Crippen molar-refractivity contribution in [3.8, 4) is 17.0 Å². The Bertz CT molecular complexity index is 1060. The molecule has 0 saturated carbocycles. The Kier molecular flexibility index (Phi) is 5.59. The lowest BCUT2D eigenvalue weighted by atomic mass is 10.1. The van der Waals surface area contributed by atoms with Crippen LogP contribution in [0.2, 0.25) is 0 Å². The van der Waals surface area contributed by atoms with E-state index in [2.05, 4.69) is 10.1 Å². The fraction of sp³-hybridized carbons (Fsp3) is 0.350. The second-order valence-corrected chi connectivity index (χ2v) is 8.05. The van der Waals surface area contributed by atoms with Gasteiger partial charge in [0.1, 0.15) is 5.75 Å². The summed E-state index contributed by atoms with van der Waals surface area (Å²) >= 11 is 1.78. The average Bonchev–Trinajstić information content (AvgIpc) is 3.15. The van der Waals surface area contributed by atoms with Crippen molar-refractivity contribution >= 4 is 23.3 Å². The highest BCUT2D eigenvalue weighted by Crippen LogP contribution is 2.33. The molecule has 0 N–H and O–H groups in total. The molecule has 1 aliphatic rings. The topological polar surface area (TPSA) is 59.7 Å². The Morgan fingerprint density at radius 2 is 1.90 bits per heavy atom. The smallest absolute Gasteiger partial charge is 0.433 e. The predicted octanol–water partition coefficient (Wildman–Crippen LogP) is 3.54. The van der Waals surface area contributed by atoms with Crippen LogP contribution in [0, 0.1) is 0 Å². The first kappa shape index (κ1) is 20.5. The fourth-order valence-electron chi connectivity index (χ4n) is 3.33. The van der Waals surface area contributed by atoms with Gasteiger partial charge in [0, 0.05) is 35.7 Å². The van der Waals surface area contributed by atoms with Crippen molar-refractivity contribution in [3.05, 3.63) is 47.8 Å². The molecule has 3 aromatic rings. The van der Waals surface area contributed by atoms with E-state index in [1.165, 1.54) is 13.3 Å². The zero-order chi connectivity index (χ0) is 21.3. The monoisotopic (exact) mass is 436 g/mol. The molecule has 3 heterocycles. The van der Waals surface area contributed by atoms with Crippen molar-refractivity contribution in [2.75, 3.05) is 31.7 Å². The number of amides is 1. The molecule has 4 rings (SSSR count). The third-order valence-corrected chi connectivity index (χ3v) is 5.87. The molecule has 1 saturated heterocycles. The summed E-state index contributed by atoms with van der Waals surface area (Å²) in [7, 11) is 1.51. The van der Waals surface area contributed by atoms with Gasteiger partial charge in [0.2, 0.25) is 5.91 Å². The van der Waals surface area contributed by atoms with Crippen LogP contribution in [-0.2, 0) is 17.4 Å². The summed E-state index contributed by atoms with van der Waals surface area (Å²) in [5, 5.41) is 3.88. The van der Waals surface area contributed by atoms with Crippen molar-refractivity contribution in [3.63, 3.8) is 0 Å². The van der Waals surface area contributed by atoms with Gasteiger partial charge >= 0.3 is 6.18 Å². The molecule has 0 unspecified atom stereocenters. The normalized spacial score (nSPS) is 14.9. The Labute approximate surface area is 175 Å². The number of halogens is 3. The average molecular weight is 436 g/mol. The van der Waals surface area contributed by atoms with Crippen LogP contribution < -0.4 is 4.74 Å². The summed E-state index contributed by atoms with van der Waals surface area (Å²) in [6.07, 6.45) is -3.36. The van der Waals surface area contributed by atoms with Crippen LogP contribution in [-0.4, -0.2) is 57.1 Å². The summed E-state index contributed by atoms with van der Waals surface area (Å²) in [5.74, 6) is 2.18. The number of fused-ring (bicyclic) bond motifs is 1. The number of alkyl halides is 3. The molecule has 1 amide bonds. The van der Waals surface area contributed by atoms with E-state index in [9.17, 15) is 18.0 Å². The van der Waals surface area contributed by atoms with E-state index >= 15 is 0 Å². The minimum Gasteiger partial charge on any atom is -0.497 e. The van der Waals surface area contributed by atoms with Gasteiger partial charge in [-0.05, 0) is 30.3 Å². The van der Waals surface area contributed by atoms with Crippen LogP contribution in [0.5, 0.6) is 5.75 Å². The van der Waals surface area contributed by atoms with Gasteiger partial charge in [-0.2, -0.15) is 30.0 Å². The Hall–Kier alpha value is -2.75. The Balaban J connectivity index is 1.76. The zero-order valence-corrected chi connectivity index (χ0v) is 17.0. The van der Waals surface area contributed by atoms with Crippen LogP contribution in [0.15, 0.2) is 36.5 Å². The largest absolute Gasteiger partial charge is 0.497 e. The summed E-state index contributed by atoms with van der Waals surface area (Å²) in [4.78, 5) is 18.8. The number of thioether (sulfide) groups is 1. The van der Waals surface area contributed by atoms with Crippen molar-refractivity contribution < 1.29 is 22.7 Å². The molecule has 1 fully saturated rings. The van der Waals surface area contributed by atoms with Crippen LogP contribution in [0.3, 0.4) is 0 Å². The SMILES string of the molecule is COc1ccc(-c2cc(C(F)(F)F)n3ncc(CC(=O)N4CCSCC4)c3n2)cc1. The lowest BCUT2D eigenvalue weighted by Crippen LogP contribution is -2.38. The molecular weight excluding hydrogens is 417 g/mol. The molecule has 0 atom stereocenters. The maximum atomic E-state index is 13.7. The second kappa shape index (κ2) is 8.17. The van der Waals surface area contributed by atoms with E-state index < -0.39 is 11.9 Å². The number of carbonyl (C=O) groups excluding carboxylic acids is 1. The third kappa shape index (κ3) is 4.09. The predicted molar refractivity (Wildman–Crippen MR) is 108 cm³/mol. The standard InChI is InChI=1S/C20H19F3N4O2S/c1-29-15-4-2-13(3-5-15)16-11-17(20(21,22)23)27-19(25-16)14(12-24-27)10-18(28)26-6-8-30-9-7-26/h2-5,11-12H,6-10H2,1H3. The van der Waals surface area contributed by atoms with Crippen molar-refractivity contribution in [2.24, 2.45) is 0 Å². The second-order valence-electron chi connectivity index (χ2n) is 6.83. The number of carbonyl (C=O) groups is 1. The minimum atomic E-state index is -4.63. The van der Waals surface area contributed by atoms with E-state index in [4.69, 9.17) is 4.74 Å². The number of aromatic nitrogens is 3. The number of hydrogen-bond donors (Lipinski definition) is 0. The van der Waals surface area contributed by atoms with E-state index in [0.717, 1.165) is 22.1 Å². The molecule has 10 heteroatoms. The van der Waals surface area contributed by atoms with Crippen LogP contribution in [0.1, 0.15) is 11.3 Å². The van der Waals surface area contributed by atoms with Gasteiger partial charge < -0.3 is 9.64 Å². The lowest BCUT2D eigenvalue weighted by molar-refractivity contribution is -0.142. The molecule has 0 spiro atoms. The van der Waals surface area contributed by atoms with Crippen LogP contribution in [0.4, 0.5) is 13.2 Å². The van der Waals surface area contributed by atoms with Gasteiger partial charge in [-0.3, -0.25) is 4.79 Å². The molecule has 0 radical (unpaired) electrons. The molecule has 2 aromatic heterocycles. The van der Waals surface area contributed by atoms with Gasteiger partial charge in [0.15, 0.2) is 11.3 Å². The Morgan fingerprint density at radius 3 is 2.53 bits per heavy atom. The number of nitrogens with zero attached hydrogens (tertiary/aromatic N) is 4. The quantitative estimate of drug-likeness (QED) is 0.626. The van der Waals surface area contributed by atoms with Crippen molar-refractivity contribution in [2.45, 2.75) is 12.6 Å². The molecule has 1 aliphatic heterocycles. The number of methoxy groups -OCH3 is 1. The Morgan fingerprint density at radius 1 is 1.20 bits per heavy atom. The van der Waals surface area contributed by atoms with Crippen molar-refractivity contribution in [1.82, 2.24) is 19.5 Å². The molecular formula is C20H19F3N4O2S. The highest BCUT2D eigenvalue weighted by atomic mass is 32.2. The van der Waals surface area contributed by atoms with Gasteiger partial charge in [0.05, 0.1) is 25.4 Å². The van der Waals surface area contributed by atoms with E-state index in [-0.39, 0.29) is 23.7 Å². The van der Waals surface area contributed by atoms with Gasteiger partial charge in [0.25, 0.3) is 0 Å². The van der Waals surface area contributed by atoms with Crippen LogP contribution >= 0.6 is 11.8 Å². The molecule has 6 nitrogen and oxygen atoms in total. The lowest BCUT2D eigenvalue weighted by Gasteiger charge is -2.26. The van der Waals surface area contributed by atoms with Gasteiger partial charge in [-0.15, -0.1) is 0 Å². The summed E-state index contributed by atoms with van der Waals surface area (Å²) < 4.78 is 47.0. The fourth-order valence-corrected chi connectivity index (χ4v) is 4.24. The molecule has 0 bridgehead atoms. The summed E-state index contributed by atoms with van der Waals surface area (Å²) in [6, 6.07) is 7.57. The van der Waals surface area contributed by atoms with E-state index in [0.29, 0.717) is 30.0 Å². The number of ether oxygens (including phenoxy) is 1. The van der Waals surface area contributed by atoms with E-state index in [1.54, 1.807) is 40.9 Å². The van der Waals surface area contributed by atoms with Gasteiger partial charge in [-0.1, -0.05) is 0 Å². The first-order valence-electron chi connectivity index (χ1n) is 9.31. The third-order valence-electron chi connectivity index (χ3n) is 4.93. The molecule has 30 heavy (non-hydrogen) atoms. The highest BCUT2D eigenvalue weighted by Gasteiger charge is 2.35. The number of benzene rings is 1. The first-order chi connectivity index (χ1) is 14.4. The van der Waals surface area contributed by atoms with Crippen molar-refractivity contribution in [1.29, 1.82) is 0 Å². The maximum Gasteiger partial charge on any atom is 0.433 e. The van der Waals surface area contributed by atoms with Crippen LogP contribution in [0.25, 0.3) is 16.9 Å². The molecule has 0 aliphatic carbocycles. The van der Waals surface area contributed by atoms with Gasteiger partial charge in [-0.25, -0.2) is 9.50 Å². The first-order valence-corrected chi connectivity index (χ1v) is 10.5. The number of rotatable bonds is 4. The minimum absolute atomic E-state index is 0.0372. The van der Waals surface area contributed by atoms with E-state index in [1.807, 2.05) is 0 Å².